The van der Waals surface area contributed by atoms with Gasteiger partial charge in [0, 0.05) is 23.9 Å². The number of nitro groups is 1. The van der Waals surface area contributed by atoms with Gasteiger partial charge in [0.25, 0.3) is 15.7 Å². The SMILES string of the molecule is CN(C([O-])[P+](=O)Oc1ccc([N+](=O)[O-])cc1)S(=O)(=O)c1cc2ccccc2s1. The number of hydrogen-bond donors (Lipinski definition) is 0. The van der Waals surface area contributed by atoms with Gasteiger partial charge in [-0.1, -0.05) is 18.2 Å². The average molecular weight is 440 g/mol. The molecular formula is C16H13N2O7PS2. The van der Waals surface area contributed by atoms with Gasteiger partial charge < -0.3 is 5.11 Å². The summed E-state index contributed by atoms with van der Waals surface area (Å²) in [4.78, 5) is 10.0. The molecule has 1 heterocycles. The van der Waals surface area contributed by atoms with Crippen LogP contribution >= 0.6 is 19.4 Å². The van der Waals surface area contributed by atoms with Gasteiger partial charge in [0.05, 0.1) is 4.92 Å². The number of thiophene rings is 1. The Balaban J connectivity index is 1.77. The molecule has 0 saturated heterocycles. The van der Waals surface area contributed by atoms with E-state index < -0.39 is 28.9 Å². The van der Waals surface area contributed by atoms with Crippen molar-refractivity contribution in [3.8, 4) is 5.75 Å². The molecule has 0 bridgehead atoms. The molecule has 2 unspecified atom stereocenters. The van der Waals surface area contributed by atoms with Gasteiger partial charge in [-0.05, 0) is 34.2 Å². The molecule has 12 heteroatoms. The fourth-order valence-corrected chi connectivity index (χ4v) is 6.18. The third-order valence-electron chi connectivity index (χ3n) is 3.77. The number of fused-ring (bicyclic) bond motifs is 1. The first kappa shape index (κ1) is 20.3. The summed E-state index contributed by atoms with van der Waals surface area (Å²) in [5.41, 5.74) is -0.203. The Morgan fingerprint density at radius 2 is 1.82 bits per heavy atom. The van der Waals surface area contributed by atoms with Gasteiger partial charge in [0.2, 0.25) is 5.97 Å². The van der Waals surface area contributed by atoms with E-state index in [0.717, 1.165) is 35.2 Å². The molecule has 28 heavy (non-hydrogen) atoms. The van der Waals surface area contributed by atoms with E-state index in [1.807, 2.05) is 0 Å². The molecule has 0 N–H and O–H groups in total. The molecule has 0 aliphatic carbocycles. The van der Waals surface area contributed by atoms with Crippen LogP contribution < -0.4 is 9.63 Å². The number of benzene rings is 2. The van der Waals surface area contributed by atoms with Gasteiger partial charge in [0.1, 0.15) is 4.21 Å². The minimum Gasteiger partial charge on any atom is -0.797 e. The first-order valence-corrected chi connectivity index (χ1v) is 11.2. The normalized spacial score (nSPS) is 13.5. The summed E-state index contributed by atoms with van der Waals surface area (Å²) in [5.74, 6) is -2.24. The van der Waals surface area contributed by atoms with Crippen LogP contribution in [0.1, 0.15) is 0 Å². The lowest BCUT2D eigenvalue weighted by Gasteiger charge is -2.21. The molecule has 0 fully saturated rings. The maximum absolute atomic E-state index is 12.7. The van der Waals surface area contributed by atoms with Crippen LogP contribution in [0.4, 0.5) is 5.69 Å². The Morgan fingerprint density at radius 3 is 2.43 bits per heavy atom. The number of nitro benzene ring substituents is 1. The van der Waals surface area contributed by atoms with Crippen LogP contribution in [0.2, 0.25) is 0 Å². The minimum atomic E-state index is -4.17. The molecule has 0 saturated carbocycles. The van der Waals surface area contributed by atoms with Gasteiger partial charge in [-0.3, -0.25) is 14.6 Å². The Kier molecular flexibility index (Phi) is 5.73. The maximum atomic E-state index is 12.7. The molecule has 146 valence electrons. The predicted octanol–water partition coefficient (Wildman–Crippen LogP) is 2.90. The second kappa shape index (κ2) is 7.90. The first-order valence-electron chi connectivity index (χ1n) is 7.71. The third-order valence-corrected chi connectivity index (χ3v) is 8.39. The topological polar surface area (TPSA) is 130 Å². The fourth-order valence-electron chi connectivity index (χ4n) is 2.26. The van der Waals surface area contributed by atoms with Gasteiger partial charge >= 0.3 is 8.03 Å². The number of nitrogens with zero attached hydrogens (tertiary/aromatic N) is 2. The zero-order valence-electron chi connectivity index (χ0n) is 14.3. The molecule has 0 amide bonds. The molecule has 0 aliphatic heterocycles. The van der Waals surface area contributed by atoms with Crippen molar-refractivity contribution in [1.29, 1.82) is 0 Å². The van der Waals surface area contributed by atoms with E-state index in [0.29, 0.717) is 9.69 Å². The molecule has 3 aromatic rings. The van der Waals surface area contributed by atoms with Crippen LogP contribution in [0.3, 0.4) is 0 Å². The van der Waals surface area contributed by atoms with Crippen LogP contribution in [-0.4, -0.2) is 30.7 Å². The highest BCUT2D eigenvalue weighted by molar-refractivity contribution is 7.91. The summed E-state index contributed by atoms with van der Waals surface area (Å²) in [6.45, 7) is 0. The lowest BCUT2D eigenvalue weighted by molar-refractivity contribution is -0.413. The van der Waals surface area contributed by atoms with Crippen molar-refractivity contribution in [1.82, 2.24) is 4.31 Å². The lowest BCUT2D eigenvalue weighted by Crippen LogP contribution is -2.43. The Labute approximate surface area is 164 Å². The molecule has 0 spiro atoms. The van der Waals surface area contributed by atoms with E-state index in [1.165, 1.54) is 18.2 Å². The predicted molar refractivity (Wildman–Crippen MR) is 102 cm³/mol. The second-order valence-electron chi connectivity index (χ2n) is 5.58. The van der Waals surface area contributed by atoms with E-state index >= 15 is 0 Å². The highest BCUT2D eigenvalue weighted by atomic mass is 32.2. The highest BCUT2D eigenvalue weighted by Gasteiger charge is 2.36. The molecule has 9 nitrogen and oxygen atoms in total. The van der Waals surface area contributed by atoms with E-state index in [1.54, 1.807) is 24.3 Å². The Morgan fingerprint density at radius 1 is 1.18 bits per heavy atom. The molecule has 0 aliphatic rings. The Hall–Kier alpha value is -2.43. The van der Waals surface area contributed by atoms with Crippen molar-refractivity contribution in [3.05, 3.63) is 64.7 Å². The van der Waals surface area contributed by atoms with Crippen molar-refractivity contribution in [3.63, 3.8) is 0 Å². The zero-order valence-corrected chi connectivity index (χ0v) is 16.8. The fraction of sp³-hybridized carbons (Fsp3) is 0.125. The van der Waals surface area contributed by atoms with Crippen molar-refractivity contribution in [2.24, 2.45) is 0 Å². The summed E-state index contributed by atoms with van der Waals surface area (Å²) < 4.78 is 43.7. The summed E-state index contributed by atoms with van der Waals surface area (Å²) >= 11 is 1.00. The van der Waals surface area contributed by atoms with Gasteiger partial charge in [-0.25, -0.2) is 8.42 Å². The van der Waals surface area contributed by atoms with E-state index in [-0.39, 0.29) is 15.6 Å². The zero-order chi connectivity index (χ0) is 20.5. The van der Waals surface area contributed by atoms with Crippen molar-refractivity contribution < 1.29 is 27.5 Å². The van der Waals surface area contributed by atoms with E-state index in [2.05, 4.69) is 0 Å². The summed E-state index contributed by atoms with van der Waals surface area (Å²) in [6.07, 6.45) is 0. The third kappa shape index (κ3) is 4.03. The summed E-state index contributed by atoms with van der Waals surface area (Å²) in [6, 6.07) is 13.1. The second-order valence-corrected chi connectivity index (χ2v) is 10.1. The summed E-state index contributed by atoms with van der Waals surface area (Å²) in [7, 11) is -6.12. The van der Waals surface area contributed by atoms with Gasteiger partial charge in [0.15, 0.2) is 5.75 Å². The standard InChI is InChI=1S/C16H13N2O7PS2/c1-17(28(23,24)15-10-11-4-2-3-5-14(11)27-15)16(19)26(22)25-13-8-6-12(7-9-13)18(20)21/h2-10,16H,1H3. The van der Waals surface area contributed by atoms with Crippen LogP contribution in [0.25, 0.3) is 10.1 Å². The lowest BCUT2D eigenvalue weighted by atomic mass is 10.3. The van der Waals surface area contributed by atoms with Crippen LogP contribution in [0.15, 0.2) is 58.8 Å². The largest absolute Gasteiger partial charge is 0.797 e. The van der Waals surface area contributed by atoms with E-state index in [9.17, 15) is 28.2 Å². The Bertz CT molecular complexity index is 1110. The van der Waals surface area contributed by atoms with Gasteiger partial charge in [-0.2, -0.15) is 4.31 Å². The summed E-state index contributed by atoms with van der Waals surface area (Å²) in [5, 5.41) is 23.7. The first-order chi connectivity index (χ1) is 13.2. The number of hydrogen-bond acceptors (Lipinski definition) is 8. The molecule has 2 atom stereocenters. The number of sulfonamides is 1. The quantitative estimate of drug-likeness (QED) is 0.239. The van der Waals surface area contributed by atoms with Gasteiger partial charge in [-0.15, -0.1) is 11.3 Å². The number of rotatable bonds is 7. The van der Waals surface area contributed by atoms with Crippen LogP contribution in [0.5, 0.6) is 5.75 Å². The molecule has 1 aromatic heterocycles. The van der Waals surface area contributed by atoms with Crippen molar-refractivity contribution in [2.45, 2.75) is 10.2 Å². The molecule has 2 aromatic carbocycles. The van der Waals surface area contributed by atoms with Crippen molar-refractivity contribution >= 4 is 45.2 Å². The number of non-ortho nitro benzene ring substituents is 1. The average Bonchev–Trinajstić information content (AvgIpc) is 3.12. The molecule has 0 radical (unpaired) electrons. The molecule has 3 rings (SSSR count). The maximum Gasteiger partial charge on any atom is 0.559 e. The smallest absolute Gasteiger partial charge is 0.559 e. The van der Waals surface area contributed by atoms with Crippen molar-refractivity contribution in [2.75, 3.05) is 7.05 Å². The van der Waals surface area contributed by atoms with E-state index in [4.69, 9.17) is 4.52 Å². The van der Waals surface area contributed by atoms with Crippen LogP contribution in [0, 0.1) is 10.1 Å². The van der Waals surface area contributed by atoms with Crippen LogP contribution in [-0.2, 0) is 14.6 Å². The monoisotopic (exact) mass is 440 g/mol. The minimum absolute atomic E-state index is 0.0415. The highest BCUT2D eigenvalue weighted by Crippen LogP contribution is 2.36. The molecular weight excluding hydrogens is 427 g/mol.